The van der Waals surface area contributed by atoms with Gasteiger partial charge in [-0.1, -0.05) is 129 Å². The van der Waals surface area contributed by atoms with Crippen molar-refractivity contribution in [3.63, 3.8) is 0 Å². The Kier molecular flexibility index (Phi) is 5.24. The van der Waals surface area contributed by atoms with Crippen LogP contribution in [0.5, 0.6) is 0 Å². The van der Waals surface area contributed by atoms with Crippen molar-refractivity contribution >= 4 is 54.1 Å². The van der Waals surface area contributed by atoms with Crippen molar-refractivity contribution in [2.24, 2.45) is 5.92 Å². The van der Waals surface area contributed by atoms with E-state index < -0.39 is 0 Å². The summed E-state index contributed by atoms with van der Waals surface area (Å²) < 4.78 is 2.47. The lowest BCUT2D eigenvalue weighted by Crippen LogP contribution is -2.24. The fourth-order valence-electron chi connectivity index (χ4n) is 8.84. The SMILES string of the molecule is CC1(C)c2ccc(-n3c4ccccc4c4cc(-c5ccc6c7ccccc7c7ccccc7c6c5)ccc43)cc2C2C=CC=CC21. The van der Waals surface area contributed by atoms with Crippen molar-refractivity contribution in [3.8, 4) is 16.8 Å². The van der Waals surface area contributed by atoms with Crippen LogP contribution in [-0.2, 0) is 5.41 Å². The summed E-state index contributed by atoms with van der Waals surface area (Å²) >= 11 is 0. The van der Waals surface area contributed by atoms with Crippen molar-refractivity contribution in [3.05, 3.63) is 163 Å². The third-order valence-electron chi connectivity index (χ3n) is 11.1. The molecule has 1 heteroatoms. The number of aromatic nitrogens is 1. The molecule has 2 aliphatic carbocycles. The number of para-hydroxylation sites is 1. The highest BCUT2D eigenvalue weighted by Crippen LogP contribution is 2.53. The molecule has 218 valence electrons. The molecule has 1 nitrogen and oxygen atoms in total. The standard InChI is InChI=1S/C45H33N/c1-45(2)41-17-9-7-15-36(41)39-27-30(21-23-42(39)45)46-43-18-10-8-16-37(43)40-26-29(20-24-44(40)46)28-19-22-35-33-13-4-3-11-31(33)32-12-5-6-14-34(32)38(35)25-28/h3-27,36,41H,1-2H3. The van der Waals surface area contributed by atoms with Crippen LogP contribution in [0, 0.1) is 5.92 Å². The van der Waals surface area contributed by atoms with Gasteiger partial charge in [-0.3, -0.25) is 0 Å². The van der Waals surface area contributed by atoms with Crippen LogP contribution in [0.15, 0.2) is 152 Å². The second-order valence-corrected chi connectivity index (χ2v) is 13.8. The van der Waals surface area contributed by atoms with Crippen molar-refractivity contribution < 1.29 is 0 Å². The molecule has 0 aliphatic heterocycles. The Balaban J connectivity index is 1.17. The van der Waals surface area contributed by atoms with Gasteiger partial charge in [0.25, 0.3) is 0 Å². The minimum atomic E-state index is 0.118. The molecule has 1 heterocycles. The molecule has 1 aromatic heterocycles. The van der Waals surface area contributed by atoms with Gasteiger partial charge < -0.3 is 4.57 Å². The Hall–Kier alpha value is -5.40. The zero-order valence-electron chi connectivity index (χ0n) is 26.0. The van der Waals surface area contributed by atoms with Crippen LogP contribution >= 0.6 is 0 Å². The van der Waals surface area contributed by atoms with Crippen LogP contribution in [0.3, 0.4) is 0 Å². The number of rotatable bonds is 2. The first-order chi connectivity index (χ1) is 22.6. The Labute approximate surface area is 268 Å². The molecule has 10 rings (SSSR count). The summed E-state index contributed by atoms with van der Waals surface area (Å²) in [6.07, 6.45) is 9.25. The average molecular weight is 588 g/mol. The summed E-state index contributed by atoms with van der Waals surface area (Å²) in [5, 5.41) is 10.4. The minimum Gasteiger partial charge on any atom is -0.309 e. The van der Waals surface area contributed by atoms with Gasteiger partial charge in [0.05, 0.1) is 11.0 Å². The molecular formula is C45H33N. The highest BCUT2D eigenvalue weighted by molar-refractivity contribution is 6.25. The van der Waals surface area contributed by atoms with Gasteiger partial charge in [0.2, 0.25) is 0 Å². The van der Waals surface area contributed by atoms with Gasteiger partial charge >= 0.3 is 0 Å². The van der Waals surface area contributed by atoms with Crippen LogP contribution in [0.4, 0.5) is 0 Å². The quantitative estimate of drug-likeness (QED) is 0.177. The number of hydrogen-bond acceptors (Lipinski definition) is 0. The molecule has 0 bridgehead atoms. The van der Waals surface area contributed by atoms with Gasteiger partial charge in [-0.15, -0.1) is 0 Å². The number of fused-ring (bicyclic) bond motifs is 12. The molecule has 7 aromatic carbocycles. The molecule has 0 radical (unpaired) electrons. The van der Waals surface area contributed by atoms with E-state index in [0.29, 0.717) is 11.8 Å². The monoisotopic (exact) mass is 587 g/mol. The van der Waals surface area contributed by atoms with E-state index in [1.165, 1.54) is 82.1 Å². The third kappa shape index (κ3) is 3.46. The maximum Gasteiger partial charge on any atom is 0.0541 e. The first-order valence-electron chi connectivity index (χ1n) is 16.4. The second kappa shape index (κ2) is 9.31. The number of nitrogens with zero attached hydrogens (tertiary/aromatic N) is 1. The summed E-state index contributed by atoms with van der Waals surface area (Å²) in [5.74, 6) is 0.927. The van der Waals surface area contributed by atoms with Gasteiger partial charge in [-0.05, 0) is 102 Å². The molecule has 2 atom stereocenters. The van der Waals surface area contributed by atoms with Crippen LogP contribution < -0.4 is 0 Å². The van der Waals surface area contributed by atoms with Gasteiger partial charge in [-0.2, -0.15) is 0 Å². The molecule has 46 heavy (non-hydrogen) atoms. The number of hydrogen-bond donors (Lipinski definition) is 0. The molecule has 2 aliphatic rings. The van der Waals surface area contributed by atoms with Gasteiger partial charge in [-0.25, -0.2) is 0 Å². The van der Waals surface area contributed by atoms with E-state index in [9.17, 15) is 0 Å². The average Bonchev–Trinajstić information content (AvgIpc) is 3.56. The largest absolute Gasteiger partial charge is 0.309 e. The van der Waals surface area contributed by atoms with E-state index in [1.807, 2.05) is 0 Å². The molecule has 2 unspecified atom stereocenters. The number of benzene rings is 7. The fraction of sp³-hybridized carbons (Fsp3) is 0.111. The first-order valence-corrected chi connectivity index (χ1v) is 16.4. The lowest BCUT2D eigenvalue weighted by atomic mass is 9.74. The molecule has 0 saturated carbocycles. The molecule has 0 fully saturated rings. The maximum absolute atomic E-state index is 2.47. The fourth-order valence-corrected chi connectivity index (χ4v) is 8.84. The lowest BCUT2D eigenvalue weighted by molar-refractivity contribution is 0.394. The smallest absolute Gasteiger partial charge is 0.0541 e. The highest BCUT2D eigenvalue weighted by Gasteiger charge is 2.44. The van der Waals surface area contributed by atoms with Gasteiger partial charge in [0.1, 0.15) is 0 Å². The molecule has 8 aromatic rings. The number of allylic oxidation sites excluding steroid dienone is 4. The first kappa shape index (κ1) is 25.9. The van der Waals surface area contributed by atoms with Crippen LogP contribution in [0.1, 0.15) is 30.9 Å². The molecule has 0 amide bonds. The molecule has 0 N–H and O–H groups in total. The third-order valence-corrected chi connectivity index (χ3v) is 11.1. The Morgan fingerprint density at radius 2 is 1.04 bits per heavy atom. The Morgan fingerprint density at radius 3 is 1.78 bits per heavy atom. The Morgan fingerprint density at radius 1 is 0.478 bits per heavy atom. The zero-order chi connectivity index (χ0) is 30.6. The summed E-state index contributed by atoms with van der Waals surface area (Å²) in [6, 6.07) is 47.8. The van der Waals surface area contributed by atoms with E-state index in [0.717, 1.165) is 0 Å². The summed E-state index contributed by atoms with van der Waals surface area (Å²) in [4.78, 5) is 0. The summed E-state index contributed by atoms with van der Waals surface area (Å²) in [5.41, 5.74) is 9.28. The summed E-state index contributed by atoms with van der Waals surface area (Å²) in [6.45, 7) is 4.81. The van der Waals surface area contributed by atoms with E-state index in [-0.39, 0.29) is 5.41 Å². The normalized spacial score (nSPS) is 18.2. The zero-order valence-corrected chi connectivity index (χ0v) is 26.0. The lowest BCUT2D eigenvalue weighted by Gasteiger charge is -2.29. The van der Waals surface area contributed by atoms with Gasteiger partial charge in [0.15, 0.2) is 0 Å². The van der Waals surface area contributed by atoms with Crippen LogP contribution in [0.2, 0.25) is 0 Å². The van der Waals surface area contributed by atoms with Crippen LogP contribution in [-0.4, -0.2) is 4.57 Å². The Bertz CT molecular complexity index is 2590. The maximum atomic E-state index is 2.47. The predicted octanol–water partition coefficient (Wildman–Crippen LogP) is 12.0. The highest BCUT2D eigenvalue weighted by atomic mass is 15.0. The van der Waals surface area contributed by atoms with Crippen molar-refractivity contribution in [2.75, 3.05) is 0 Å². The van der Waals surface area contributed by atoms with Crippen molar-refractivity contribution in [1.29, 1.82) is 0 Å². The van der Waals surface area contributed by atoms with E-state index in [2.05, 4.69) is 170 Å². The molecular weight excluding hydrogens is 555 g/mol. The topological polar surface area (TPSA) is 4.93 Å². The predicted molar refractivity (Wildman–Crippen MR) is 196 cm³/mol. The molecule has 0 spiro atoms. The second-order valence-electron chi connectivity index (χ2n) is 13.8. The van der Waals surface area contributed by atoms with Crippen molar-refractivity contribution in [1.82, 2.24) is 4.57 Å². The minimum absolute atomic E-state index is 0.118. The van der Waals surface area contributed by atoms with Crippen molar-refractivity contribution in [2.45, 2.75) is 25.2 Å². The summed E-state index contributed by atoms with van der Waals surface area (Å²) in [7, 11) is 0. The molecule has 0 saturated heterocycles. The van der Waals surface area contributed by atoms with E-state index in [1.54, 1.807) is 0 Å². The van der Waals surface area contributed by atoms with Gasteiger partial charge in [0, 0.05) is 22.4 Å². The van der Waals surface area contributed by atoms with E-state index in [4.69, 9.17) is 0 Å². The van der Waals surface area contributed by atoms with E-state index >= 15 is 0 Å². The van der Waals surface area contributed by atoms with Crippen LogP contribution in [0.25, 0.3) is 70.9 Å².